The van der Waals surface area contributed by atoms with Crippen LogP contribution < -0.4 is 5.32 Å². The first kappa shape index (κ1) is 23.1. The van der Waals surface area contributed by atoms with Gasteiger partial charge in [-0.05, 0) is 42.8 Å². The van der Waals surface area contributed by atoms with E-state index in [-0.39, 0.29) is 23.0 Å². The minimum Gasteiger partial charge on any atom is -0.493 e. The Labute approximate surface area is 198 Å². The van der Waals surface area contributed by atoms with E-state index in [0.29, 0.717) is 22.0 Å². The molecule has 0 bridgehead atoms. The minimum atomic E-state index is -0.915. The molecule has 10 nitrogen and oxygen atoms in total. The van der Waals surface area contributed by atoms with E-state index in [2.05, 4.69) is 20.5 Å². The fraction of sp³-hybridized carbons (Fsp3) is 0.0400. The van der Waals surface area contributed by atoms with Crippen LogP contribution in [-0.2, 0) is 4.79 Å². The summed E-state index contributed by atoms with van der Waals surface area (Å²) in [5.74, 6) is -1.75. The van der Waals surface area contributed by atoms with Crippen molar-refractivity contribution in [3.63, 3.8) is 0 Å². The van der Waals surface area contributed by atoms with Crippen LogP contribution in [0.1, 0.15) is 21.5 Å². The Balaban J connectivity index is 1.70. The summed E-state index contributed by atoms with van der Waals surface area (Å²) in [6, 6.07) is 19.2. The van der Waals surface area contributed by atoms with Crippen molar-refractivity contribution in [3.05, 3.63) is 105 Å². The summed E-state index contributed by atoms with van der Waals surface area (Å²) in [6.07, 6.45) is 1.27. The number of carbonyl (C=O) groups excluding carboxylic acids is 2. The zero-order chi connectivity index (χ0) is 24.9. The number of hydrogen-bond acceptors (Lipinski definition) is 6. The summed E-state index contributed by atoms with van der Waals surface area (Å²) in [7, 11) is 0. The number of amides is 2. The first-order chi connectivity index (χ1) is 16.8. The van der Waals surface area contributed by atoms with Crippen LogP contribution in [0.4, 0.5) is 11.4 Å². The van der Waals surface area contributed by atoms with E-state index in [9.17, 15) is 24.8 Å². The maximum atomic E-state index is 13.0. The van der Waals surface area contributed by atoms with Crippen molar-refractivity contribution in [2.24, 2.45) is 10.2 Å². The smallest absolute Gasteiger partial charge is 0.311 e. The lowest BCUT2D eigenvalue weighted by atomic mass is 10.1. The molecule has 0 aliphatic rings. The summed E-state index contributed by atoms with van der Waals surface area (Å²) in [6.45, 7) is 1.87. The quantitative estimate of drug-likeness (QED) is 0.154. The molecule has 35 heavy (non-hydrogen) atoms. The molecular formula is C25H19N5O5. The molecule has 0 fully saturated rings. The molecule has 4 rings (SSSR count). The monoisotopic (exact) mass is 469 g/mol. The number of nitrogens with zero attached hydrogens (tertiary/aromatic N) is 3. The second-order valence-corrected chi connectivity index (χ2v) is 7.61. The Morgan fingerprint density at radius 3 is 2.57 bits per heavy atom. The van der Waals surface area contributed by atoms with Crippen molar-refractivity contribution in [3.8, 4) is 5.88 Å². The normalized spacial score (nSPS) is 11.6. The number of hydrogen-bond donors (Lipinski definition) is 3. The molecule has 3 N–H and O–H groups in total. The van der Waals surface area contributed by atoms with E-state index in [1.807, 2.05) is 13.0 Å². The van der Waals surface area contributed by atoms with Gasteiger partial charge in [0.2, 0.25) is 5.88 Å². The van der Waals surface area contributed by atoms with Crippen LogP contribution in [0.5, 0.6) is 5.88 Å². The van der Waals surface area contributed by atoms with Crippen molar-refractivity contribution in [2.75, 3.05) is 0 Å². The molecule has 0 unspecified atom stereocenters. The second kappa shape index (κ2) is 9.79. The van der Waals surface area contributed by atoms with Crippen LogP contribution >= 0.6 is 0 Å². The van der Waals surface area contributed by atoms with Gasteiger partial charge in [0.25, 0.3) is 11.6 Å². The van der Waals surface area contributed by atoms with E-state index >= 15 is 0 Å². The molecule has 2 amide bonds. The maximum Gasteiger partial charge on any atom is 0.311 e. The highest BCUT2D eigenvalue weighted by molar-refractivity contribution is 6.05. The molecule has 0 saturated carbocycles. The van der Waals surface area contributed by atoms with Crippen LogP contribution in [0.3, 0.4) is 0 Å². The highest BCUT2D eigenvalue weighted by Crippen LogP contribution is 2.36. The second-order valence-electron chi connectivity index (χ2n) is 7.61. The lowest BCUT2D eigenvalue weighted by Crippen LogP contribution is -2.26. The number of aromatic amines is 1. The van der Waals surface area contributed by atoms with Gasteiger partial charge in [-0.2, -0.15) is 0 Å². The number of aromatic nitrogens is 1. The van der Waals surface area contributed by atoms with E-state index in [1.54, 1.807) is 48.5 Å². The Kier molecular flexibility index (Phi) is 6.45. The van der Waals surface area contributed by atoms with Gasteiger partial charge in [0.1, 0.15) is 5.70 Å². The molecule has 0 spiro atoms. The van der Waals surface area contributed by atoms with Gasteiger partial charge in [0.05, 0.1) is 10.4 Å². The van der Waals surface area contributed by atoms with Gasteiger partial charge in [-0.3, -0.25) is 19.7 Å². The van der Waals surface area contributed by atoms with Gasteiger partial charge in [-0.15, -0.1) is 10.2 Å². The SMILES string of the molecule is Cc1ccc2[nH]c(O)c(N=NC(=O)C(=Cc3cccc([N+](=O)[O-])c3)NC(=O)c3ccccc3)c2c1. The molecule has 4 aromatic rings. The molecular weight excluding hydrogens is 450 g/mol. The predicted molar refractivity (Wildman–Crippen MR) is 129 cm³/mol. The number of azo groups is 1. The number of nitrogens with one attached hydrogen (secondary N) is 2. The topological polar surface area (TPSA) is 150 Å². The third-order valence-electron chi connectivity index (χ3n) is 5.06. The number of aryl methyl sites for hydroxylation is 1. The fourth-order valence-corrected chi connectivity index (χ4v) is 3.36. The summed E-state index contributed by atoms with van der Waals surface area (Å²) < 4.78 is 0. The summed E-state index contributed by atoms with van der Waals surface area (Å²) in [5.41, 5.74) is 1.77. The molecule has 0 atom stereocenters. The Morgan fingerprint density at radius 1 is 1.06 bits per heavy atom. The van der Waals surface area contributed by atoms with Gasteiger partial charge in [0, 0.05) is 23.1 Å². The van der Waals surface area contributed by atoms with Crippen LogP contribution in [0.15, 0.2) is 88.7 Å². The summed E-state index contributed by atoms with van der Waals surface area (Å²) >= 11 is 0. The Bertz CT molecular complexity index is 1510. The Hall–Kier alpha value is -5.12. The number of rotatable bonds is 6. The number of aromatic hydroxyl groups is 1. The van der Waals surface area contributed by atoms with Crippen molar-refractivity contribution in [1.82, 2.24) is 10.3 Å². The first-order valence-corrected chi connectivity index (χ1v) is 10.4. The van der Waals surface area contributed by atoms with Crippen molar-refractivity contribution in [1.29, 1.82) is 0 Å². The third-order valence-corrected chi connectivity index (χ3v) is 5.06. The maximum absolute atomic E-state index is 13.0. The zero-order valence-corrected chi connectivity index (χ0v) is 18.4. The standard InChI is InChI=1S/C25H19N5O5/c1-15-10-11-20-19(12-15)22(25(33)26-20)28-29-24(32)21(27-23(31)17-7-3-2-4-8-17)14-16-6-5-9-18(13-16)30(34)35/h2-14,26,33H,1H3,(H,27,31). The first-order valence-electron chi connectivity index (χ1n) is 10.4. The number of H-pyrrole nitrogens is 1. The van der Waals surface area contributed by atoms with Crippen molar-refractivity contribution >= 4 is 40.2 Å². The zero-order valence-electron chi connectivity index (χ0n) is 18.4. The van der Waals surface area contributed by atoms with Gasteiger partial charge in [-0.25, -0.2) is 0 Å². The highest BCUT2D eigenvalue weighted by Gasteiger charge is 2.17. The summed E-state index contributed by atoms with van der Waals surface area (Å²) in [5, 5.41) is 32.0. The molecule has 10 heteroatoms. The van der Waals surface area contributed by atoms with Crippen molar-refractivity contribution < 1.29 is 19.6 Å². The predicted octanol–water partition coefficient (Wildman–Crippen LogP) is 5.17. The van der Waals surface area contributed by atoms with Crippen LogP contribution in [-0.4, -0.2) is 26.8 Å². The minimum absolute atomic E-state index is 0.0705. The third kappa shape index (κ3) is 5.28. The largest absolute Gasteiger partial charge is 0.493 e. The van der Waals surface area contributed by atoms with Crippen LogP contribution in [0.2, 0.25) is 0 Å². The Morgan fingerprint density at radius 2 is 1.83 bits per heavy atom. The number of nitro benzene ring substituents is 1. The number of carbonyl (C=O) groups is 2. The fourth-order valence-electron chi connectivity index (χ4n) is 3.36. The number of benzene rings is 3. The molecule has 1 heterocycles. The summed E-state index contributed by atoms with van der Waals surface area (Å²) in [4.78, 5) is 39.0. The average Bonchev–Trinajstić information content (AvgIpc) is 3.16. The molecule has 1 aromatic heterocycles. The van der Waals surface area contributed by atoms with Gasteiger partial charge in [-0.1, -0.05) is 42.0 Å². The van der Waals surface area contributed by atoms with Gasteiger partial charge >= 0.3 is 5.91 Å². The van der Waals surface area contributed by atoms with Gasteiger partial charge < -0.3 is 15.4 Å². The van der Waals surface area contributed by atoms with E-state index in [0.717, 1.165) is 5.56 Å². The molecule has 0 aliphatic heterocycles. The van der Waals surface area contributed by atoms with Crippen LogP contribution in [0, 0.1) is 17.0 Å². The number of fused-ring (bicyclic) bond motifs is 1. The van der Waals surface area contributed by atoms with E-state index < -0.39 is 16.7 Å². The lowest BCUT2D eigenvalue weighted by molar-refractivity contribution is -0.384. The number of nitro groups is 1. The lowest BCUT2D eigenvalue weighted by Gasteiger charge is -2.07. The highest BCUT2D eigenvalue weighted by atomic mass is 16.6. The van der Waals surface area contributed by atoms with Crippen LogP contribution in [0.25, 0.3) is 17.0 Å². The van der Waals surface area contributed by atoms with E-state index in [4.69, 9.17) is 0 Å². The molecule has 0 radical (unpaired) electrons. The average molecular weight is 469 g/mol. The van der Waals surface area contributed by atoms with Gasteiger partial charge in [0.15, 0.2) is 5.69 Å². The molecule has 3 aromatic carbocycles. The molecule has 0 saturated heterocycles. The molecule has 174 valence electrons. The number of non-ortho nitro benzene ring substituents is 1. The molecule has 0 aliphatic carbocycles. The van der Waals surface area contributed by atoms with Crippen molar-refractivity contribution in [2.45, 2.75) is 6.92 Å². The van der Waals surface area contributed by atoms with E-state index in [1.165, 1.54) is 24.3 Å².